The van der Waals surface area contributed by atoms with Crippen molar-refractivity contribution in [3.63, 3.8) is 0 Å². The highest BCUT2D eigenvalue weighted by Gasteiger charge is 2.26. The second-order valence-corrected chi connectivity index (χ2v) is 6.79. The lowest BCUT2D eigenvalue weighted by atomic mass is 10.0. The van der Waals surface area contributed by atoms with E-state index in [0.717, 1.165) is 36.5 Å². The first-order valence-corrected chi connectivity index (χ1v) is 7.29. The first-order chi connectivity index (χ1) is 8.38. The normalized spacial score (nSPS) is 18.2. The van der Waals surface area contributed by atoms with Crippen molar-refractivity contribution in [3.8, 4) is 0 Å². The average Bonchev–Trinajstić information content (AvgIpc) is 2.32. The molecule has 0 N–H and O–H groups in total. The summed E-state index contributed by atoms with van der Waals surface area (Å²) in [6.07, 6.45) is 1.90. The van der Waals surface area contributed by atoms with Crippen molar-refractivity contribution in [2.75, 3.05) is 31.1 Å². The number of aryl methyl sites for hydroxylation is 1. The third kappa shape index (κ3) is 3.04. The number of piperazine rings is 1. The van der Waals surface area contributed by atoms with Crippen LogP contribution in [0.2, 0.25) is 0 Å². The lowest BCUT2D eigenvalue weighted by molar-refractivity contribution is 0.128. The molecule has 0 aromatic carbocycles. The van der Waals surface area contributed by atoms with E-state index in [9.17, 15) is 0 Å². The molecule has 1 aromatic rings. The summed E-state index contributed by atoms with van der Waals surface area (Å²) in [7, 11) is 0. The summed E-state index contributed by atoms with van der Waals surface area (Å²) >= 11 is 3.50. The van der Waals surface area contributed by atoms with Crippen molar-refractivity contribution in [1.29, 1.82) is 0 Å². The zero-order chi connectivity index (χ0) is 13.3. The molecule has 1 aliphatic heterocycles. The van der Waals surface area contributed by atoms with E-state index in [2.05, 4.69) is 64.5 Å². The maximum atomic E-state index is 4.51. The number of pyridine rings is 1. The summed E-state index contributed by atoms with van der Waals surface area (Å²) < 4.78 is 1.08. The SMILES string of the molecule is Cc1cc(N2CCN(C(C)(C)C)CC2)ncc1Br. The molecule has 2 heterocycles. The number of halogens is 1. The molecule has 0 atom stereocenters. The highest BCUT2D eigenvalue weighted by atomic mass is 79.9. The van der Waals surface area contributed by atoms with Gasteiger partial charge in [-0.1, -0.05) is 0 Å². The molecule has 1 aromatic heterocycles. The van der Waals surface area contributed by atoms with E-state index in [1.54, 1.807) is 0 Å². The van der Waals surface area contributed by atoms with Crippen LogP contribution in [-0.2, 0) is 0 Å². The molecule has 0 bridgehead atoms. The minimum atomic E-state index is 0.273. The second kappa shape index (κ2) is 5.17. The van der Waals surface area contributed by atoms with E-state index >= 15 is 0 Å². The molecule has 100 valence electrons. The van der Waals surface area contributed by atoms with Crippen molar-refractivity contribution < 1.29 is 0 Å². The minimum absolute atomic E-state index is 0.273. The summed E-state index contributed by atoms with van der Waals surface area (Å²) in [6, 6.07) is 2.16. The molecule has 0 unspecified atom stereocenters. The summed E-state index contributed by atoms with van der Waals surface area (Å²) in [5.74, 6) is 1.10. The Kier molecular flexibility index (Phi) is 3.97. The maximum absolute atomic E-state index is 4.51. The topological polar surface area (TPSA) is 19.4 Å². The van der Waals surface area contributed by atoms with Crippen LogP contribution in [0.15, 0.2) is 16.7 Å². The van der Waals surface area contributed by atoms with Gasteiger partial charge in [-0.2, -0.15) is 0 Å². The highest BCUT2D eigenvalue weighted by Crippen LogP contribution is 2.22. The van der Waals surface area contributed by atoms with Crippen LogP contribution in [0.25, 0.3) is 0 Å². The lowest BCUT2D eigenvalue weighted by Gasteiger charge is -2.42. The molecule has 0 aliphatic carbocycles. The number of anilines is 1. The van der Waals surface area contributed by atoms with E-state index in [4.69, 9.17) is 0 Å². The van der Waals surface area contributed by atoms with Gasteiger partial charge in [0.25, 0.3) is 0 Å². The number of hydrogen-bond acceptors (Lipinski definition) is 3. The summed E-state index contributed by atoms with van der Waals surface area (Å²) in [5.41, 5.74) is 1.52. The average molecular weight is 312 g/mol. The largest absolute Gasteiger partial charge is 0.354 e. The molecule has 2 rings (SSSR count). The second-order valence-electron chi connectivity index (χ2n) is 5.94. The lowest BCUT2D eigenvalue weighted by Crippen LogP contribution is -2.53. The quantitative estimate of drug-likeness (QED) is 0.794. The number of aromatic nitrogens is 1. The van der Waals surface area contributed by atoms with Gasteiger partial charge in [0.15, 0.2) is 0 Å². The Hall–Kier alpha value is -0.610. The molecule has 4 heteroatoms. The number of rotatable bonds is 1. The van der Waals surface area contributed by atoms with Gasteiger partial charge in [0.05, 0.1) is 0 Å². The predicted molar refractivity (Wildman–Crippen MR) is 80.2 cm³/mol. The van der Waals surface area contributed by atoms with E-state index < -0.39 is 0 Å². The minimum Gasteiger partial charge on any atom is -0.354 e. The molecule has 3 nitrogen and oxygen atoms in total. The third-order valence-corrected chi connectivity index (χ3v) is 4.42. The fourth-order valence-corrected chi connectivity index (χ4v) is 2.52. The zero-order valence-corrected chi connectivity index (χ0v) is 13.3. The molecular formula is C14H22BrN3. The van der Waals surface area contributed by atoms with Crippen LogP contribution in [0, 0.1) is 6.92 Å². The molecule has 1 saturated heterocycles. The molecular weight excluding hydrogens is 290 g/mol. The highest BCUT2D eigenvalue weighted by molar-refractivity contribution is 9.10. The summed E-state index contributed by atoms with van der Waals surface area (Å²) in [6.45, 7) is 13.3. The first kappa shape index (κ1) is 13.8. The molecule has 1 fully saturated rings. The molecule has 0 amide bonds. The summed E-state index contributed by atoms with van der Waals surface area (Å²) in [4.78, 5) is 9.42. The Balaban J connectivity index is 2.03. The van der Waals surface area contributed by atoms with Crippen LogP contribution < -0.4 is 4.90 Å². The van der Waals surface area contributed by atoms with Crippen molar-refractivity contribution in [2.45, 2.75) is 33.2 Å². The zero-order valence-electron chi connectivity index (χ0n) is 11.7. The monoisotopic (exact) mass is 311 g/mol. The Morgan fingerprint density at radius 3 is 2.28 bits per heavy atom. The standard InChI is InChI=1S/C14H22BrN3/c1-11-9-13(16-10-12(11)15)17-5-7-18(8-6-17)14(2,3)4/h9-10H,5-8H2,1-4H3. The molecule has 18 heavy (non-hydrogen) atoms. The Bertz CT molecular complexity index is 418. The first-order valence-electron chi connectivity index (χ1n) is 6.50. The van der Waals surface area contributed by atoms with E-state index in [1.165, 1.54) is 5.56 Å². The Morgan fingerprint density at radius 1 is 1.17 bits per heavy atom. The van der Waals surface area contributed by atoms with Crippen LogP contribution in [0.4, 0.5) is 5.82 Å². The molecule has 0 saturated carbocycles. The fourth-order valence-electron chi connectivity index (χ4n) is 2.30. The van der Waals surface area contributed by atoms with Crippen LogP contribution >= 0.6 is 15.9 Å². The van der Waals surface area contributed by atoms with Crippen LogP contribution in [0.3, 0.4) is 0 Å². The van der Waals surface area contributed by atoms with Crippen molar-refractivity contribution in [3.05, 3.63) is 22.3 Å². The van der Waals surface area contributed by atoms with Gasteiger partial charge in [-0.05, 0) is 55.3 Å². The van der Waals surface area contributed by atoms with Crippen LogP contribution in [0.1, 0.15) is 26.3 Å². The van der Waals surface area contributed by atoms with Crippen molar-refractivity contribution in [1.82, 2.24) is 9.88 Å². The molecule has 0 spiro atoms. The number of hydrogen-bond donors (Lipinski definition) is 0. The van der Waals surface area contributed by atoms with Gasteiger partial charge in [0.2, 0.25) is 0 Å². The fraction of sp³-hybridized carbons (Fsp3) is 0.643. The summed E-state index contributed by atoms with van der Waals surface area (Å²) in [5, 5.41) is 0. The van der Waals surface area contributed by atoms with Gasteiger partial charge in [-0.15, -0.1) is 0 Å². The van der Waals surface area contributed by atoms with E-state index in [-0.39, 0.29) is 5.54 Å². The van der Waals surface area contributed by atoms with Gasteiger partial charge >= 0.3 is 0 Å². The van der Waals surface area contributed by atoms with Gasteiger partial charge in [0, 0.05) is 42.4 Å². The van der Waals surface area contributed by atoms with Gasteiger partial charge in [-0.25, -0.2) is 4.98 Å². The van der Waals surface area contributed by atoms with Gasteiger partial charge in [-0.3, -0.25) is 4.90 Å². The smallest absolute Gasteiger partial charge is 0.128 e. The Morgan fingerprint density at radius 2 is 1.78 bits per heavy atom. The Labute approximate surface area is 118 Å². The third-order valence-electron chi connectivity index (χ3n) is 3.58. The van der Waals surface area contributed by atoms with Crippen LogP contribution in [0.5, 0.6) is 0 Å². The van der Waals surface area contributed by atoms with E-state index in [1.807, 2.05) is 6.20 Å². The van der Waals surface area contributed by atoms with Crippen molar-refractivity contribution >= 4 is 21.7 Å². The molecule has 0 radical (unpaired) electrons. The number of nitrogens with zero attached hydrogens (tertiary/aromatic N) is 3. The molecule has 1 aliphatic rings. The van der Waals surface area contributed by atoms with Gasteiger partial charge in [0.1, 0.15) is 5.82 Å². The van der Waals surface area contributed by atoms with Crippen molar-refractivity contribution in [2.24, 2.45) is 0 Å². The van der Waals surface area contributed by atoms with Gasteiger partial charge < -0.3 is 4.90 Å². The van der Waals surface area contributed by atoms with E-state index in [0.29, 0.717) is 0 Å². The van der Waals surface area contributed by atoms with Crippen LogP contribution in [-0.4, -0.2) is 41.6 Å². The maximum Gasteiger partial charge on any atom is 0.128 e. The predicted octanol–water partition coefficient (Wildman–Crippen LogP) is 3.07.